The van der Waals surface area contributed by atoms with Crippen molar-refractivity contribution in [1.29, 1.82) is 0 Å². The number of hydrogen-bond acceptors (Lipinski definition) is 3. The van der Waals surface area contributed by atoms with Crippen LogP contribution in [0.1, 0.15) is 24.5 Å². The van der Waals surface area contributed by atoms with Gasteiger partial charge in [-0.3, -0.25) is 4.79 Å². The van der Waals surface area contributed by atoms with Crippen molar-refractivity contribution in [2.75, 3.05) is 13.6 Å². The monoisotopic (exact) mass is 239 g/mol. The number of hydrogen-bond donors (Lipinski definition) is 3. The minimum atomic E-state index is -0.637. The lowest BCUT2D eigenvalue weighted by molar-refractivity contribution is -0.122. The van der Waals surface area contributed by atoms with Crippen LogP contribution >= 0.6 is 0 Å². The Bertz CT molecular complexity index is 415. The average molecular weight is 239 g/mol. The topological polar surface area (TPSA) is 104 Å². The molecule has 0 aromatic carbocycles. The van der Waals surface area contributed by atoms with Gasteiger partial charge in [-0.05, 0) is 13.8 Å². The van der Waals surface area contributed by atoms with E-state index in [1.54, 1.807) is 13.1 Å². The molecule has 0 saturated carbocycles. The zero-order valence-corrected chi connectivity index (χ0v) is 10.2. The fraction of sp³-hybridized carbons (Fsp3) is 0.500. The summed E-state index contributed by atoms with van der Waals surface area (Å²) < 4.78 is 0. The van der Waals surface area contributed by atoms with E-state index in [4.69, 9.17) is 5.73 Å². The number of aromatic amines is 1. The first-order valence-corrected chi connectivity index (χ1v) is 5.21. The molecule has 1 aromatic rings. The third-order valence-electron chi connectivity index (χ3n) is 2.27. The van der Waals surface area contributed by atoms with Gasteiger partial charge in [0.15, 0.2) is 0 Å². The molecule has 1 atom stereocenters. The summed E-state index contributed by atoms with van der Waals surface area (Å²) in [4.78, 5) is 30.6. The van der Waals surface area contributed by atoms with E-state index in [2.05, 4.69) is 15.3 Å². The number of nitrogens with one attached hydrogen (secondary N) is 2. The number of nitrogens with two attached hydrogens (primary N) is 1. The second kappa shape index (κ2) is 5.33. The molecule has 0 bridgehead atoms. The molecule has 94 valence electrons. The molecular weight excluding hydrogens is 222 g/mol. The molecule has 7 heteroatoms. The van der Waals surface area contributed by atoms with Gasteiger partial charge in [-0.1, -0.05) is 0 Å². The Morgan fingerprint density at radius 2 is 2.29 bits per heavy atom. The van der Waals surface area contributed by atoms with Crippen molar-refractivity contribution < 1.29 is 9.59 Å². The molecule has 0 aliphatic rings. The first kappa shape index (κ1) is 13.0. The summed E-state index contributed by atoms with van der Waals surface area (Å²) >= 11 is 0. The molecule has 0 radical (unpaired) electrons. The smallest absolute Gasteiger partial charge is 0.314 e. The standard InChI is InChI=1S/C10H17N5O2/c1-6-4-12-9(13-6)7(2)14-8(16)5-15(3)10(11)17/h4,7H,5H2,1-3H3,(H2,11,17)(H,12,13)(H,14,16)/t7-/m1/s1. The van der Waals surface area contributed by atoms with Crippen LogP contribution in [0.15, 0.2) is 6.20 Å². The van der Waals surface area contributed by atoms with Crippen LogP contribution in [0.3, 0.4) is 0 Å². The Kier molecular flexibility index (Phi) is 4.08. The Hall–Kier alpha value is -2.05. The van der Waals surface area contributed by atoms with Crippen LogP contribution in [0.25, 0.3) is 0 Å². The molecule has 1 aromatic heterocycles. The lowest BCUT2D eigenvalue weighted by Gasteiger charge is -2.16. The van der Waals surface area contributed by atoms with Crippen LogP contribution in [-0.2, 0) is 4.79 Å². The quantitative estimate of drug-likeness (QED) is 0.683. The first-order chi connectivity index (χ1) is 7.90. The molecule has 4 N–H and O–H groups in total. The predicted molar refractivity (Wildman–Crippen MR) is 62.1 cm³/mol. The third kappa shape index (κ3) is 3.78. The second-order valence-electron chi connectivity index (χ2n) is 3.93. The maximum absolute atomic E-state index is 11.5. The van der Waals surface area contributed by atoms with Crippen molar-refractivity contribution in [3.63, 3.8) is 0 Å². The maximum atomic E-state index is 11.5. The minimum absolute atomic E-state index is 0.0701. The Labute approximate surface area is 99.4 Å². The largest absolute Gasteiger partial charge is 0.351 e. The van der Waals surface area contributed by atoms with Gasteiger partial charge in [0.25, 0.3) is 0 Å². The Balaban J connectivity index is 2.49. The van der Waals surface area contributed by atoms with Gasteiger partial charge in [-0.2, -0.15) is 0 Å². The van der Waals surface area contributed by atoms with Gasteiger partial charge >= 0.3 is 6.03 Å². The molecule has 1 rings (SSSR count). The summed E-state index contributed by atoms with van der Waals surface area (Å²) in [5, 5.41) is 2.71. The van der Waals surface area contributed by atoms with Crippen molar-refractivity contribution >= 4 is 11.9 Å². The number of carbonyl (C=O) groups excluding carboxylic acids is 2. The van der Waals surface area contributed by atoms with E-state index >= 15 is 0 Å². The Morgan fingerprint density at radius 3 is 2.76 bits per heavy atom. The van der Waals surface area contributed by atoms with Gasteiger partial charge in [0.05, 0.1) is 6.04 Å². The van der Waals surface area contributed by atoms with Crippen LogP contribution in [-0.4, -0.2) is 40.4 Å². The zero-order valence-electron chi connectivity index (χ0n) is 10.2. The van der Waals surface area contributed by atoms with Crippen LogP contribution in [0.5, 0.6) is 0 Å². The lowest BCUT2D eigenvalue weighted by Crippen LogP contribution is -2.41. The van der Waals surface area contributed by atoms with Crippen molar-refractivity contribution in [2.45, 2.75) is 19.9 Å². The van der Waals surface area contributed by atoms with Crippen LogP contribution in [0.2, 0.25) is 0 Å². The average Bonchev–Trinajstić information content (AvgIpc) is 2.64. The molecule has 0 aliphatic heterocycles. The molecule has 0 fully saturated rings. The summed E-state index contributed by atoms with van der Waals surface area (Å²) in [6.07, 6.45) is 1.69. The number of urea groups is 1. The molecule has 0 spiro atoms. The molecule has 17 heavy (non-hydrogen) atoms. The number of H-pyrrole nitrogens is 1. The molecule has 1 heterocycles. The lowest BCUT2D eigenvalue weighted by atomic mass is 10.3. The van der Waals surface area contributed by atoms with Crippen molar-refractivity contribution in [3.05, 3.63) is 17.7 Å². The van der Waals surface area contributed by atoms with Gasteiger partial charge < -0.3 is 20.9 Å². The number of likely N-dealkylation sites (N-methyl/N-ethyl adjacent to an activating group) is 1. The number of primary amides is 1. The van der Waals surface area contributed by atoms with Crippen molar-refractivity contribution in [3.8, 4) is 0 Å². The molecule has 0 aliphatic carbocycles. The zero-order chi connectivity index (χ0) is 13.0. The highest BCUT2D eigenvalue weighted by Gasteiger charge is 2.14. The van der Waals surface area contributed by atoms with Crippen LogP contribution < -0.4 is 11.1 Å². The van der Waals surface area contributed by atoms with Crippen LogP contribution in [0.4, 0.5) is 4.79 Å². The van der Waals surface area contributed by atoms with Gasteiger partial charge in [0.2, 0.25) is 5.91 Å². The van der Waals surface area contributed by atoms with E-state index in [-0.39, 0.29) is 18.5 Å². The number of amides is 3. The third-order valence-corrected chi connectivity index (χ3v) is 2.27. The fourth-order valence-corrected chi connectivity index (χ4v) is 1.30. The van der Waals surface area contributed by atoms with Crippen LogP contribution in [0, 0.1) is 6.92 Å². The minimum Gasteiger partial charge on any atom is -0.351 e. The highest BCUT2D eigenvalue weighted by molar-refractivity contribution is 5.83. The van der Waals surface area contributed by atoms with E-state index in [1.165, 1.54) is 7.05 Å². The van der Waals surface area contributed by atoms with E-state index < -0.39 is 6.03 Å². The summed E-state index contributed by atoms with van der Waals surface area (Å²) in [5.74, 6) is 0.394. The van der Waals surface area contributed by atoms with E-state index in [1.807, 2.05) is 6.92 Å². The highest BCUT2D eigenvalue weighted by Crippen LogP contribution is 2.07. The number of nitrogens with zero attached hydrogens (tertiary/aromatic N) is 2. The Morgan fingerprint density at radius 1 is 1.65 bits per heavy atom. The van der Waals surface area contributed by atoms with Crippen molar-refractivity contribution in [1.82, 2.24) is 20.2 Å². The molecule has 0 saturated heterocycles. The van der Waals surface area contributed by atoms with Gasteiger partial charge in [-0.25, -0.2) is 9.78 Å². The van der Waals surface area contributed by atoms with Crippen molar-refractivity contribution in [2.24, 2.45) is 5.73 Å². The second-order valence-corrected chi connectivity index (χ2v) is 3.93. The molecular formula is C10H17N5O2. The van der Waals surface area contributed by atoms with E-state index in [0.29, 0.717) is 5.82 Å². The van der Waals surface area contributed by atoms with Gasteiger partial charge in [0, 0.05) is 18.9 Å². The number of imidazole rings is 1. The van der Waals surface area contributed by atoms with E-state index in [9.17, 15) is 9.59 Å². The highest BCUT2D eigenvalue weighted by atomic mass is 16.2. The number of aromatic nitrogens is 2. The van der Waals surface area contributed by atoms with Gasteiger partial charge in [0.1, 0.15) is 12.4 Å². The number of rotatable bonds is 4. The number of aryl methyl sites for hydroxylation is 1. The summed E-state index contributed by atoms with van der Waals surface area (Å²) in [7, 11) is 1.46. The summed E-state index contributed by atoms with van der Waals surface area (Å²) in [6, 6.07) is -0.876. The fourth-order valence-electron chi connectivity index (χ4n) is 1.30. The summed E-state index contributed by atoms with van der Waals surface area (Å²) in [5.41, 5.74) is 5.94. The van der Waals surface area contributed by atoms with Gasteiger partial charge in [-0.15, -0.1) is 0 Å². The first-order valence-electron chi connectivity index (χ1n) is 5.21. The number of carbonyl (C=O) groups is 2. The normalized spacial score (nSPS) is 11.9. The maximum Gasteiger partial charge on any atom is 0.314 e. The molecule has 7 nitrogen and oxygen atoms in total. The predicted octanol–water partition coefficient (Wildman–Crippen LogP) is -0.0942. The van der Waals surface area contributed by atoms with E-state index in [0.717, 1.165) is 10.6 Å². The molecule has 3 amide bonds. The SMILES string of the molecule is Cc1cnc([C@@H](C)NC(=O)CN(C)C(N)=O)[nH]1. The summed E-state index contributed by atoms with van der Waals surface area (Å²) in [6.45, 7) is 3.62. The molecule has 0 unspecified atom stereocenters.